The van der Waals surface area contributed by atoms with Crippen LogP contribution < -0.4 is 0 Å². The van der Waals surface area contributed by atoms with E-state index >= 15 is 0 Å². The van der Waals surface area contributed by atoms with Gasteiger partial charge in [0.15, 0.2) is 6.10 Å². The molecule has 0 rings (SSSR count). The molecule has 0 amide bonds. The van der Waals surface area contributed by atoms with Crippen molar-refractivity contribution in [3.05, 3.63) is 24.3 Å². The van der Waals surface area contributed by atoms with Crippen molar-refractivity contribution in [2.45, 2.75) is 412 Å². The maximum atomic E-state index is 12.9. The molecule has 0 aliphatic heterocycles. The predicted molar refractivity (Wildman–Crippen MR) is 344 cm³/mol. The van der Waals surface area contributed by atoms with E-state index in [1.165, 1.54) is 295 Å². The van der Waals surface area contributed by atoms with Crippen LogP contribution in [0.15, 0.2) is 24.3 Å². The molecule has 6 heteroatoms. The molecule has 466 valence electrons. The molecule has 1 unspecified atom stereocenters. The van der Waals surface area contributed by atoms with Gasteiger partial charge in [-0.3, -0.25) is 14.4 Å². The molecule has 1 atom stereocenters. The van der Waals surface area contributed by atoms with Crippen LogP contribution in [0, 0.1) is 0 Å². The third-order valence-corrected chi connectivity index (χ3v) is 16.5. The fourth-order valence-electron chi connectivity index (χ4n) is 11.1. The van der Waals surface area contributed by atoms with E-state index in [0.29, 0.717) is 19.3 Å². The smallest absolute Gasteiger partial charge is 0.306 e. The number of unbranched alkanes of at least 4 members (excludes halogenated alkanes) is 52. The van der Waals surface area contributed by atoms with Crippen molar-refractivity contribution in [3.8, 4) is 0 Å². The summed E-state index contributed by atoms with van der Waals surface area (Å²) in [5.74, 6) is -0.843. The third kappa shape index (κ3) is 66.6. The van der Waals surface area contributed by atoms with Gasteiger partial charge in [0.1, 0.15) is 13.2 Å². The van der Waals surface area contributed by atoms with Crippen LogP contribution in [0.2, 0.25) is 0 Å². The first-order valence-electron chi connectivity index (χ1n) is 35.8. The van der Waals surface area contributed by atoms with Gasteiger partial charge in [0.25, 0.3) is 0 Å². The Morgan fingerprint density at radius 3 is 0.722 bits per heavy atom. The number of carbonyl (C=O) groups excluding carboxylic acids is 3. The Labute approximate surface area is 493 Å². The van der Waals surface area contributed by atoms with Gasteiger partial charge in [-0.2, -0.15) is 0 Å². The minimum Gasteiger partial charge on any atom is -0.462 e. The summed E-state index contributed by atoms with van der Waals surface area (Å²) in [4.78, 5) is 38.4. The van der Waals surface area contributed by atoms with Gasteiger partial charge in [-0.05, 0) is 51.4 Å². The molecule has 0 heterocycles. The van der Waals surface area contributed by atoms with Crippen molar-refractivity contribution in [2.24, 2.45) is 0 Å². The molecule has 0 fully saturated rings. The Morgan fingerprint density at radius 2 is 0.456 bits per heavy atom. The number of hydrogen-bond donors (Lipinski definition) is 0. The Kier molecular flexibility index (Phi) is 66.6. The first-order chi connectivity index (χ1) is 39.0. The minimum absolute atomic E-state index is 0.0681. The Balaban J connectivity index is 4.20. The number of ether oxygens (including phenoxy) is 3. The van der Waals surface area contributed by atoms with E-state index in [1.807, 2.05) is 0 Å². The third-order valence-electron chi connectivity index (χ3n) is 16.5. The average Bonchev–Trinajstić information content (AvgIpc) is 3.45. The van der Waals surface area contributed by atoms with Gasteiger partial charge < -0.3 is 14.2 Å². The van der Waals surface area contributed by atoms with Crippen LogP contribution in [-0.2, 0) is 28.6 Å². The van der Waals surface area contributed by atoms with Gasteiger partial charge >= 0.3 is 17.9 Å². The molecule has 0 radical (unpaired) electrons. The Bertz CT molecular complexity index is 1270. The molecule has 0 aromatic rings. The molecule has 0 aliphatic rings. The first-order valence-corrected chi connectivity index (χ1v) is 35.8. The lowest BCUT2D eigenvalue weighted by Crippen LogP contribution is -2.30. The van der Waals surface area contributed by atoms with E-state index in [-0.39, 0.29) is 31.1 Å². The zero-order valence-corrected chi connectivity index (χ0v) is 53.7. The lowest BCUT2D eigenvalue weighted by molar-refractivity contribution is -0.167. The van der Waals surface area contributed by atoms with Crippen molar-refractivity contribution in [1.82, 2.24) is 0 Å². The number of esters is 3. The van der Waals surface area contributed by atoms with Crippen LogP contribution in [0.5, 0.6) is 0 Å². The largest absolute Gasteiger partial charge is 0.462 e. The highest BCUT2D eigenvalue weighted by Gasteiger charge is 2.19. The number of carbonyl (C=O) groups is 3. The van der Waals surface area contributed by atoms with E-state index < -0.39 is 6.10 Å². The predicted octanol–water partition coefficient (Wildman–Crippen LogP) is 24.6. The SMILES string of the molecule is CCCCC/C=C\C/C=C\CCCCCCCCCC(=O)OC(COC(=O)CCCCCCCCCCCCCCCCCC)COC(=O)CCCCCCCCCCCCCCCCCCCCCCCCCCCCCC. The molecule has 0 bridgehead atoms. The molecule has 0 saturated heterocycles. The maximum absolute atomic E-state index is 12.9. The molecule has 79 heavy (non-hydrogen) atoms. The highest BCUT2D eigenvalue weighted by atomic mass is 16.6. The average molecular weight is 1110 g/mol. The fourth-order valence-corrected chi connectivity index (χ4v) is 11.1. The van der Waals surface area contributed by atoms with Crippen molar-refractivity contribution in [1.29, 1.82) is 0 Å². The molecular formula is C73H138O6. The van der Waals surface area contributed by atoms with Gasteiger partial charge in [-0.25, -0.2) is 0 Å². The highest BCUT2D eigenvalue weighted by Crippen LogP contribution is 2.19. The molecule has 0 aliphatic carbocycles. The second-order valence-corrected chi connectivity index (χ2v) is 24.5. The van der Waals surface area contributed by atoms with E-state index in [4.69, 9.17) is 14.2 Å². The molecular weight excluding hydrogens is 973 g/mol. The second-order valence-electron chi connectivity index (χ2n) is 24.5. The molecule has 0 saturated carbocycles. The number of rotatable bonds is 67. The summed E-state index contributed by atoms with van der Waals surface area (Å²) in [7, 11) is 0. The summed E-state index contributed by atoms with van der Waals surface area (Å²) in [6.07, 6.45) is 83.6. The van der Waals surface area contributed by atoms with Gasteiger partial charge in [0.05, 0.1) is 0 Å². The molecule has 0 aromatic heterocycles. The van der Waals surface area contributed by atoms with Crippen LogP contribution in [0.1, 0.15) is 406 Å². The van der Waals surface area contributed by atoms with Crippen molar-refractivity contribution >= 4 is 17.9 Å². The van der Waals surface area contributed by atoms with Crippen molar-refractivity contribution in [3.63, 3.8) is 0 Å². The maximum Gasteiger partial charge on any atom is 0.306 e. The topological polar surface area (TPSA) is 78.9 Å². The van der Waals surface area contributed by atoms with Crippen LogP contribution in [0.25, 0.3) is 0 Å². The second kappa shape index (κ2) is 68.4. The number of allylic oxidation sites excluding steroid dienone is 4. The quantitative estimate of drug-likeness (QED) is 0.0261. The summed E-state index contributed by atoms with van der Waals surface area (Å²) in [5, 5.41) is 0. The normalized spacial score (nSPS) is 12.1. The lowest BCUT2D eigenvalue weighted by atomic mass is 10.0. The van der Waals surface area contributed by atoms with Crippen molar-refractivity contribution in [2.75, 3.05) is 13.2 Å². The van der Waals surface area contributed by atoms with Crippen LogP contribution >= 0.6 is 0 Å². The standard InChI is InChI=1S/C73H138O6/c1-4-7-10-13-16-19-22-25-28-31-32-33-34-35-36-37-38-39-40-41-43-45-48-51-54-57-60-63-66-72(75)78-69-70(68-77-71(74)65-62-59-56-53-50-47-44-30-27-24-21-18-15-12-9-6-3)79-73(76)67-64-61-58-55-52-49-46-42-29-26-23-20-17-14-11-8-5-2/h17,20,26,29,70H,4-16,18-19,21-25,27-28,30-69H2,1-3H3/b20-17-,29-26-. The van der Waals surface area contributed by atoms with E-state index in [9.17, 15) is 14.4 Å². The van der Waals surface area contributed by atoms with Crippen LogP contribution in [0.4, 0.5) is 0 Å². The van der Waals surface area contributed by atoms with Gasteiger partial charge in [-0.1, -0.05) is 360 Å². The van der Waals surface area contributed by atoms with E-state index in [1.54, 1.807) is 0 Å². The lowest BCUT2D eigenvalue weighted by Gasteiger charge is -2.18. The monoisotopic (exact) mass is 1110 g/mol. The fraction of sp³-hybridized carbons (Fsp3) is 0.904. The Morgan fingerprint density at radius 1 is 0.253 bits per heavy atom. The molecule has 0 spiro atoms. The van der Waals surface area contributed by atoms with Crippen molar-refractivity contribution < 1.29 is 28.6 Å². The van der Waals surface area contributed by atoms with E-state index in [2.05, 4.69) is 45.1 Å². The van der Waals surface area contributed by atoms with E-state index in [0.717, 1.165) is 70.6 Å². The summed E-state index contributed by atoms with van der Waals surface area (Å²) in [6, 6.07) is 0. The van der Waals surface area contributed by atoms with Crippen LogP contribution in [0.3, 0.4) is 0 Å². The molecule has 6 nitrogen and oxygen atoms in total. The van der Waals surface area contributed by atoms with Gasteiger partial charge in [-0.15, -0.1) is 0 Å². The number of hydrogen-bond acceptors (Lipinski definition) is 6. The van der Waals surface area contributed by atoms with Gasteiger partial charge in [0.2, 0.25) is 0 Å². The van der Waals surface area contributed by atoms with Gasteiger partial charge in [0, 0.05) is 19.3 Å². The zero-order valence-electron chi connectivity index (χ0n) is 53.7. The highest BCUT2D eigenvalue weighted by molar-refractivity contribution is 5.71. The molecule has 0 aromatic carbocycles. The minimum atomic E-state index is -0.772. The summed E-state index contributed by atoms with van der Waals surface area (Å²) < 4.78 is 17.0. The Hall–Kier alpha value is -2.11. The first kappa shape index (κ1) is 76.9. The van der Waals surface area contributed by atoms with Crippen LogP contribution in [-0.4, -0.2) is 37.2 Å². The summed E-state index contributed by atoms with van der Waals surface area (Å²) in [6.45, 7) is 6.70. The summed E-state index contributed by atoms with van der Waals surface area (Å²) in [5.41, 5.74) is 0. The zero-order chi connectivity index (χ0) is 57.1. The molecule has 0 N–H and O–H groups in total. The summed E-state index contributed by atoms with van der Waals surface area (Å²) >= 11 is 0.